The number of hydrogen-bond acceptors (Lipinski definition) is 4. The Morgan fingerprint density at radius 3 is 2.79 bits per heavy atom. The molecule has 150 valence electrons. The minimum absolute atomic E-state index is 0.0243. The van der Waals surface area contributed by atoms with Crippen molar-refractivity contribution in [1.29, 1.82) is 0 Å². The van der Waals surface area contributed by atoms with E-state index in [1.54, 1.807) is 15.5 Å². The SMILES string of the molecule is CC(=O)N1C[C@H]2C[C@@H](C1)[C@H](C(=O)N[C@@H]1CCCCNC1=O)n1c2cccc1=O. The van der Waals surface area contributed by atoms with Crippen molar-refractivity contribution in [3.8, 4) is 0 Å². The van der Waals surface area contributed by atoms with Crippen LogP contribution in [0.5, 0.6) is 0 Å². The third-order valence-electron chi connectivity index (χ3n) is 6.21. The van der Waals surface area contributed by atoms with Crippen molar-refractivity contribution in [3.63, 3.8) is 0 Å². The maximum Gasteiger partial charge on any atom is 0.251 e. The van der Waals surface area contributed by atoms with Crippen LogP contribution in [0.2, 0.25) is 0 Å². The van der Waals surface area contributed by atoms with Crippen LogP contribution in [0.25, 0.3) is 0 Å². The molecule has 4 rings (SSSR count). The van der Waals surface area contributed by atoms with Gasteiger partial charge >= 0.3 is 0 Å². The molecular formula is C20H26N4O4. The third-order valence-corrected chi connectivity index (χ3v) is 6.21. The van der Waals surface area contributed by atoms with Gasteiger partial charge in [0.05, 0.1) is 0 Å². The Morgan fingerprint density at radius 2 is 2.00 bits per heavy atom. The van der Waals surface area contributed by atoms with E-state index < -0.39 is 12.1 Å². The fraction of sp³-hybridized carbons (Fsp3) is 0.600. The molecule has 2 fully saturated rings. The van der Waals surface area contributed by atoms with E-state index >= 15 is 0 Å². The van der Waals surface area contributed by atoms with Crippen molar-refractivity contribution < 1.29 is 14.4 Å². The average molecular weight is 386 g/mol. The summed E-state index contributed by atoms with van der Waals surface area (Å²) in [5.74, 6) is -0.616. The topological polar surface area (TPSA) is 101 Å². The van der Waals surface area contributed by atoms with Crippen LogP contribution < -0.4 is 16.2 Å². The summed E-state index contributed by atoms with van der Waals surface area (Å²) in [5.41, 5.74) is 0.578. The van der Waals surface area contributed by atoms with Crippen LogP contribution in [0.4, 0.5) is 0 Å². The molecule has 2 bridgehead atoms. The Balaban J connectivity index is 1.67. The molecule has 1 aromatic rings. The van der Waals surface area contributed by atoms with Crippen LogP contribution in [0.1, 0.15) is 50.3 Å². The Hall–Kier alpha value is -2.64. The van der Waals surface area contributed by atoms with Gasteiger partial charge in [0.2, 0.25) is 17.7 Å². The third kappa shape index (κ3) is 3.31. The Morgan fingerprint density at radius 1 is 1.18 bits per heavy atom. The zero-order valence-corrected chi connectivity index (χ0v) is 16.0. The summed E-state index contributed by atoms with van der Waals surface area (Å²) in [6.45, 7) is 3.16. The molecule has 2 N–H and O–H groups in total. The second-order valence-electron chi connectivity index (χ2n) is 8.07. The van der Waals surface area contributed by atoms with Crippen LogP contribution in [0, 0.1) is 5.92 Å². The van der Waals surface area contributed by atoms with E-state index in [2.05, 4.69) is 10.6 Å². The summed E-state index contributed by atoms with van der Waals surface area (Å²) >= 11 is 0. The van der Waals surface area contributed by atoms with Gasteiger partial charge in [-0.25, -0.2) is 0 Å². The molecular weight excluding hydrogens is 360 g/mol. The smallest absolute Gasteiger partial charge is 0.251 e. The molecule has 0 radical (unpaired) electrons. The van der Waals surface area contributed by atoms with E-state index in [4.69, 9.17) is 0 Å². The van der Waals surface area contributed by atoms with E-state index in [1.165, 1.54) is 13.0 Å². The van der Waals surface area contributed by atoms with Gasteiger partial charge in [-0.1, -0.05) is 6.07 Å². The fourth-order valence-corrected chi connectivity index (χ4v) is 4.86. The van der Waals surface area contributed by atoms with Crippen LogP contribution in [0.3, 0.4) is 0 Å². The first kappa shape index (κ1) is 18.7. The lowest BCUT2D eigenvalue weighted by Gasteiger charge is -2.46. The summed E-state index contributed by atoms with van der Waals surface area (Å²) in [5, 5.41) is 5.70. The zero-order chi connectivity index (χ0) is 19.8. The van der Waals surface area contributed by atoms with Crippen molar-refractivity contribution in [2.24, 2.45) is 5.92 Å². The molecule has 0 aromatic carbocycles. The van der Waals surface area contributed by atoms with E-state index in [-0.39, 0.29) is 35.1 Å². The van der Waals surface area contributed by atoms with Crippen molar-refractivity contribution in [2.75, 3.05) is 19.6 Å². The molecule has 0 spiro atoms. The first-order valence-electron chi connectivity index (χ1n) is 10.0. The van der Waals surface area contributed by atoms with Crippen LogP contribution in [-0.2, 0) is 14.4 Å². The van der Waals surface area contributed by atoms with E-state index in [9.17, 15) is 19.2 Å². The summed E-state index contributed by atoms with van der Waals surface area (Å²) in [7, 11) is 0. The molecule has 1 aromatic heterocycles. The lowest BCUT2D eigenvalue weighted by molar-refractivity contribution is -0.136. The highest BCUT2D eigenvalue weighted by atomic mass is 16.2. The number of likely N-dealkylation sites (tertiary alicyclic amines) is 1. The highest BCUT2D eigenvalue weighted by molar-refractivity contribution is 5.89. The van der Waals surface area contributed by atoms with Gasteiger partial charge in [-0.3, -0.25) is 23.7 Å². The molecule has 8 nitrogen and oxygen atoms in total. The van der Waals surface area contributed by atoms with Crippen molar-refractivity contribution in [3.05, 3.63) is 34.2 Å². The predicted octanol–water partition coefficient (Wildman–Crippen LogP) is 0.140. The number of hydrogen-bond donors (Lipinski definition) is 2. The number of piperidine rings is 1. The minimum Gasteiger partial charge on any atom is -0.354 e. The summed E-state index contributed by atoms with van der Waals surface area (Å²) in [4.78, 5) is 51.9. The number of nitrogens with zero attached hydrogens (tertiary/aromatic N) is 2. The first-order chi connectivity index (χ1) is 13.5. The van der Waals surface area contributed by atoms with Crippen molar-refractivity contribution in [1.82, 2.24) is 20.1 Å². The number of nitrogens with one attached hydrogen (secondary N) is 2. The summed E-state index contributed by atoms with van der Waals surface area (Å²) in [6.07, 6.45) is 3.09. The van der Waals surface area contributed by atoms with E-state index in [0.29, 0.717) is 26.1 Å². The Bertz CT molecular complexity index is 864. The van der Waals surface area contributed by atoms with Gasteiger partial charge in [0, 0.05) is 50.2 Å². The number of aromatic nitrogens is 1. The van der Waals surface area contributed by atoms with Crippen molar-refractivity contribution >= 4 is 17.7 Å². The number of carbonyl (C=O) groups is 3. The zero-order valence-electron chi connectivity index (χ0n) is 16.0. The monoisotopic (exact) mass is 386 g/mol. The number of carbonyl (C=O) groups excluding carboxylic acids is 3. The van der Waals surface area contributed by atoms with Gasteiger partial charge in [-0.05, 0) is 31.7 Å². The molecule has 3 amide bonds. The first-order valence-corrected chi connectivity index (χ1v) is 10.0. The maximum absolute atomic E-state index is 13.3. The molecule has 0 saturated carbocycles. The van der Waals surface area contributed by atoms with Gasteiger partial charge < -0.3 is 15.5 Å². The normalized spacial score (nSPS) is 29.3. The quantitative estimate of drug-likeness (QED) is 0.755. The number of fused-ring (bicyclic) bond motifs is 4. The molecule has 4 heterocycles. The highest BCUT2D eigenvalue weighted by Crippen LogP contribution is 2.41. The molecule has 0 unspecified atom stereocenters. The number of pyridine rings is 1. The van der Waals surface area contributed by atoms with Gasteiger partial charge in [0.15, 0.2) is 0 Å². The summed E-state index contributed by atoms with van der Waals surface area (Å²) < 4.78 is 1.58. The van der Waals surface area contributed by atoms with E-state index in [0.717, 1.165) is 25.0 Å². The second kappa shape index (κ2) is 7.41. The predicted molar refractivity (Wildman–Crippen MR) is 102 cm³/mol. The standard InChI is InChI=1S/C20H26N4O4/c1-12(25)23-10-13-9-14(11-23)18(24-16(13)6-4-7-17(24)26)20(28)22-15-5-2-3-8-21-19(15)27/h4,6-7,13-15,18H,2-3,5,8-11H2,1H3,(H,21,27)(H,22,28)/t13-,14+,15-,18-/m1/s1. The Labute approximate surface area is 163 Å². The van der Waals surface area contributed by atoms with Gasteiger partial charge in [0.25, 0.3) is 5.56 Å². The van der Waals surface area contributed by atoms with Gasteiger partial charge in [-0.2, -0.15) is 0 Å². The molecule has 3 aliphatic rings. The molecule has 2 saturated heterocycles. The van der Waals surface area contributed by atoms with E-state index in [1.807, 2.05) is 6.07 Å². The largest absolute Gasteiger partial charge is 0.354 e. The van der Waals surface area contributed by atoms with Crippen molar-refractivity contribution in [2.45, 2.75) is 50.6 Å². The average Bonchev–Trinajstić information content (AvgIpc) is 2.87. The van der Waals surface area contributed by atoms with Gasteiger partial charge in [-0.15, -0.1) is 0 Å². The van der Waals surface area contributed by atoms with Crippen LogP contribution in [0.15, 0.2) is 23.0 Å². The Kier molecular flexibility index (Phi) is 4.95. The minimum atomic E-state index is -0.710. The molecule has 28 heavy (non-hydrogen) atoms. The highest BCUT2D eigenvalue weighted by Gasteiger charge is 2.44. The maximum atomic E-state index is 13.3. The lowest BCUT2D eigenvalue weighted by atomic mass is 9.78. The second-order valence-corrected chi connectivity index (χ2v) is 8.07. The molecule has 3 aliphatic heterocycles. The number of amides is 3. The molecule has 0 aliphatic carbocycles. The molecule has 8 heteroatoms. The molecule has 4 atom stereocenters. The summed E-state index contributed by atoms with van der Waals surface area (Å²) in [6, 6.07) is 3.74. The number of rotatable bonds is 2. The fourth-order valence-electron chi connectivity index (χ4n) is 4.86. The van der Waals surface area contributed by atoms with Crippen LogP contribution >= 0.6 is 0 Å². The van der Waals surface area contributed by atoms with Gasteiger partial charge in [0.1, 0.15) is 12.1 Å². The lowest BCUT2D eigenvalue weighted by Crippen LogP contribution is -2.56. The van der Waals surface area contributed by atoms with Crippen LogP contribution in [-0.4, -0.2) is 52.9 Å².